The fourth-order valence-corrected chi connectivity index (χ4v) is 6.54. The van der Waals surface area contributed by atoms with Gasteiger partial charge in [0.05, 0.1) is 0 Å². The molecule has 0 aliphatic carbocycles. The number of para-hydroxylation sites is 4. The van der Waals surface area contributed by atoms with Crippen molar-refractivity contribution in [3.8, 4) is 11.5 Å². The van der Waals surface area contributed by atoms with Gasteiger partial charge >= 0.3 is 0 Å². The highest BCUT2D eigenvalue weighted by Crippen LogP contribution is 2.35. The van der Waals surface area contributed by atoms with E-state index in [-0.39, 0.29) is 13.4 Å². The minimum absolute atomic E-state index is 0.124. The molecule has 2 aliphatic heterocycles. The summed E-state index contributed by atoms with van der Waals surface area (Å²) in [6.45, 7) is 0.318. The molecule has 40 heavy (non-hydrogen) atoms. The highest BCUT2D eigenvalue weighted by atomic mass is 16.5. The van der Waals surface area contributed by atoms with Gasteiger partial charge in [0.2, 0.25) is 6.71 Å². The quantitative estimate of drug-likeness (QED) is 0.323. The van der Waals surface area contributed by atoms with Crippen LogP contribution in [-0.2, 0) is 0 Å². The molecule has 0 amide bonds. The second-order valence-electron chi connectivity index (χ2n) is 10.5. The molecule has 0 aromatic heterocycles. The Morgan fingerprint density at radius 3 is 1.38 bits per heavy atom. The molecule has 0 spiro atoms. The van der Waals surface area contributed by atoms with Crippen LogP contribution in [0.25, 0.3) is 0 Å². The van der Waals surface area contributed by atoms with Crippen molar-refractivity contribution in [3.63, 3.8) is 0 Å². The summed E-state index contributed by atoms with van der Waals surface area (Å²) in [6, 6.07) is 54.4. The first kappa shape index (κ1) is 23.0. The Kier molecular flexibility index (Phi) is 5.38. The van der Waals surface area contributed by atoms with Crippen LogP contribution in [0.2, 0.25) is 0 Å². The highest BCUT2D eigenvalue weighted by Gasteiger charge is 2.35. The van der Waals surface area contributed by atoms with Gasteiger partial charge in [0, 0.05) is 17.1 Å². The highest BCUT2D eigenvalue weighted by molar-refractivity contribution is 6.98. The first-order chi connectivity index (χ1) is 19.9. The molecule has 4 heteroatoms. The SMILES string of the molecule is c1ccc(B2c3ccccc3N(c3ccc(B4c5ccccc5Oc5ccccc54)cc3)c3ccccc32)cc1. The van der Waals surface area contributed by atoms with Crippen LogP contribution in [0.5, 0.6) is 11.5 Å². The molecule has 2 heterocycles. The fraction of sp³-hybridized carbons (Fsp3) is 0. The zero-order valence-corrected chi connectivity index (χ0v) is 21.9. The lowest BCUT2D eigenvalue weighted by Gasteiger charge is -2.37. The lowest BCUT2D eigenvalue weighted by Crippen LogP contribution is -2.57. The second-order valence-corrected chi connectivity index (χ2v) is 10.5. The largest absolute Gasteiger partial charge is 0.458 e. The van der Waals surface area contributed by atoms with Gasteiger partial charge in [0.25, 0.3) is 6.71 Å². The smallest absolute Gasteiger partial charge is 0.250 e. The zero-order chi connectivity index (χ0) is 26.5. The number of hydrogen-bond acceptors (Lipinski definition) is 2. The Morgan fingerprint density at radius 1 is 0.375 bits per heavy atom. The number of rotatable bonds is 3. The van der Waals surface area contributed by atoms with Gasteiger partial charge < -0.3 is 9.64 Å². The molecule has 6 aromatic carbocycles. The van der Waals surface area contributed by atoms with Crippen LogP contribution in [0.1, 0.15) is 0 Å². The molecule has 2 nitrogen and oxygen atoms in total. The molecular weight excluding hydrogens is 484 g/mol. The molecular formula is C36H25B2NO. The van der Waals surface area contributed by atoms with E-state index in [0.717, 1.165) is 17.2 Å². The normalized spacial score (nSPS) is 13.1. The van der Waals surface area contributed by atoms with E-state index in [1.54, 1.807) is 0 Å². The van der Waals surface area contributed by atoms with Crippen LogP contribution < -0.4 is 42.4 Å². The maximum absolute atomic E-state index is 6.26. The summed E-state index contributed by atoms with van der Waals surface area (Å²) < 4.78 is 6.26. The summed E-state index contributed by atoms with van der Waals surface area (Å²) >= 11 is 0. The Morgan fingerprint density at radius 2 is 0.800 bits per heavy atom. The second kappa shape index (κ2) is 9.36. The summed E-state index contributed by atoms with van der Waals surface area (Å²) in [5.74, 6) is 1.86. The van der Waals surface area contributed by atoms with Gasteiger partial charge in [0.15, 0.2) is 0 Å². The van der Waals surface area contributed by atoms with E-state index < -0.39 is 0 Å². The third-order valence-electron chi connectivity index (χ3n) is 8.27. The van der Waals surface area contributed by atoms with Crippen molar-refractivity contribution in [2.24, 2.45) is 0 Å². The summed E-state index contributed by atoms with van der Waals surface area (Å²) in [5.41, 5.74) is 11.2. The maximum atomic E-state index is 6.26. The van der Waals surface area contributed by atoms with Crippen LogP contribution in [0.4, 0.5) is 17.1 Å². The van der Waals surface area contributed by atoms with E-state index in [1.165, 1.54) is 44.2 Å². The van der Waals surface area contributed by atoms with Gasteiger partial charge in [-0.15, -0.1) is 0 Å². The standard InChI is InChI=1S/C36H25B2NO/c1-2-12-26(13-3-1)37-29-14-4-8-18-33(29)39(34-19-9-5-15-30(34)37)28-24-22-27(23-25-28)38-31-16-6-10-20-35(31)40-36-21-11-7-17-32(36)38/h1-25H. The lowest BCUT2D eigenvalue weighted by molar-refractivity contribution is 0.487. The number of anilines is 3. The lowest BCUT2D eigenvalue weighted by atomic mass is 9.35. The number of fused-ring (bicyclic) bond motifs is 4. The van der Waals surface area contributed by atoms with Crippen LogP contribution in [0.3, 0.4) is 0 Å². The van der Waals surface area contributed by atoms with Gasteiger partial charge in [-0.25, -0.2) is 0 Å². The summed E-state index contributed by atoms with van der Waals surface area (Å²) in [7, 11) is 0. The topological polar surface area (TPSA) is 12.5 Å². The first-order valence-electron chi connectivity index (χ1n) is 13.9. The Hall–Kier alpha value is -4.95. The van der Waals surface area contributed by atoms with Crippen molar-refractivity contribution in [2.75, 3.05) is 4.90 Å². The average Bonchev–Trinajstić information content (AvgIpc) is 3.03. The third-order valence-corrected chi connectivity index (χ3v) is 8.27. The van der Waals surface area contributed by atoms with Crippen LogP contribution in [0.15, 0.2) is 152 Å². The molecule has 186 valence electrons. The van der Waals surface area contributed by atoms with Crippen LogP contribution in [-0.4, -0.2) is 13.4 Å². The third kappa shape index (κ3) is 3.60. The predicted octanol–water partition coefficient (Wildman–Crippen LogP) is 4.61. The maximum Gasteiger partial charge on any atom is 0.250 e. The van der Waals surface area contributed by atoms with Crippen molar-refractivity contribution >= 4 is 63.3 Å². The number of ether oxygens (including phenoxy) is 1. The molecule has 0 saturated heterocycles. The number of nitrogens with zero attached hydrogens (tertiary/aromatic N) is 1. The number of hydrogen-bond donors (Lipinski definition) is 0. The summed E-state index contributed by atoms with van der Waals surface area (Å²) in [5, 5.41) is 0. The van der Waals surface area contributed by atoms with Crippen molar-refractivity contribution in [3.05, 3.63) is 152 Å². The molecule has 0 N–H and O–H groups in total. The Labute approximate surface area is 235 Å². The molecule has 0 radical (unpaired) electrons. The van der Waals surface area contributed by atoms with E-state index >= 15 is 0 Å². The van der Waals surface area contributed by atoms with Gasteiger partial charge in [-0.05, 0) is 58.2 Å². The Balaban J connectivity index is 1.25. The molecule has 0 saturated carbocycles. The van der Waals surface area contributed by atoms with Crippen molar-refractivity contribution in [1.29, 1.82) is 0 Å². The molecule has 0 unspecified atom stereocenters. The Bertz CT molecular complexity index is 1760. The van der Waals surface area contributed by atoms with Crippen LogP contribution in [0, 0.1) is 0 Å². The molecule has 0 fully saturated rings. The van der Waals surface area contributed by atoms with E-state index in [9.17, 15) is 0 Å². The molecule has 6 aromatic rings. The van der Waals surface area contributed by atoms with E-state index in [1.807, 2.05) is 12.1 Å². The fourth-order valence-electron chi connectivity index (χ4n) is 6.54. The van der Waals surface area contributed by atoms with Gasteiger partial charge in [-0.2, -0.15) is 0 Å². The monoisotopic (exact) mass is 509 g/mol. The molecule has 0 atom stereocenters. The minimum atomic E-state index is 0.124. The predicted molar refractivity (Wildman–Crippen MR) is 170 cm³/mol. The number of benzene rings is 6. The molecule has 8 rings (SSSR count). The summed E-state index contributed by atoms with van der Waals surface area (Å²) in [4.78, 5) is 2.42. The van der Waals surface area contributed by atoms with Crippen LogP contribution >= 0.6 is 0 Å². The van der Waals surface area contributed by atoms with E-state index in [2.05, 4.69) is 144 Å². The van der Waals surface area contributed by atoms with E-state index in [0.29, 0.717) is 0 Å². The van der Waals surface area contributed by atoms with Gasteiger partial charge in [0.1, 0.15) is 11.5 Å². The van der Waals surface area contributed by atoms with Crippen molar-refractivity contribution in [1.82, 2.24) is 0 Å². The zero-order valence-electron chi connectivity index (χ0n) is 21.9. The minimum Gasteiger partial charge on any atom is -0.458 e. The van der Waals surface area contributed by atoms with Gasteiger partial charge in [-0.3, -0.25) is 0 Å². The molecule has 0 bridgehead atoms. The average molecular weight is 509 g/mol. The van der Waals surface area contributed by atoms with Crippen molar-refractivity contribution < 1.29 is 4.74 Å². The first-order valence-corrected chi connectivity index (χ1v) is 13.9. The summed E-state index contributed by atoms with van der Waals surface area (Å²) in [6.07, 6.45) is 0. The van der Waals surface area contributed by atoms with E-state index in [4.69, 9.17) is 4.74 Å². The van der Waals surface area contributed by atoms with Gasteiger partial charge in [-0.1, -0.05) is 126 Å². The molecule has 2 aliphatic rings. The van der Waals surface area contributed by atoms with Crippen molar-refractivity contribution in [2.45, 2.75) is 0 Å².